The molecule has 1 aromatic carbocycles. The number of carbonyl (C=O) groups excluding carboxylic acids is 2. The highest BCUT2D eigenvalue weighted by Crippen LogP contribution is 2.24. The summed E-state index contributed by atoms with van der Waals surface area (Å²) in [6.45, 7) is 3.19. The van der Waals surface area contributed by atoms with E-state index in [-0.39, 0.29) is 0 Å². The number of carbonyl (C=O) groups is 2. The van der Waals surface area contributed by atoms with Crippen molar-refractivity contribution in [2.45, 2.75) is 13.0 Å². The largest absolute Gasteiger partial charge is 0.357 e. The maximum absolute atomic E-state index is 10.3. The van der Waals surface area contributed by atoms with Crippen LogP contribution in [-0.4, -0.2) is 36.4 Å². The second-order valence-electron chi connectivity index (χ2n) is 5.07. The molecule has 1 aromatic heterocycles. The van der Waals surface area contributed by atoms with Crippen molar-refractivity contribution in [2.24, 2.45) is 0 Å². The summed E-state index contributed by atoms with van der Waals surface area (Å²) in [6, 6.07) is 8.54. The molecule has 4 N–H and O–H groups in total. The lowest BCUT2D eigenvalue weighted by atomic mass is 10.1. The van der Waals surface area contributed by atoms with E-state index < -0.39 is 11.8 Å². The van der Waals surface area contributed by atoms with Gasteiger partial charge in [0.1, 0.15) is 0 Å². The third-order valence-electron chi connectivity index (χ3n) is 3.66. The topological polar surface area (TPSA) is 86.0 Å². The fourth-order valence-electron chi connectivity index (χ4n) is 2.63. The fourth-order valence-corrected chi connectivity index (χ4v) is 2.63. The average molecular weight is 286 g/mol. The molecule has 4 rings (SSSR count). The van der Waals surface area contributed by atoms with E-state index in [1.54, 1.807) is 0 Å². The molecule has 0 spiro atoms. The van der Waals surface area contributed by atoms with Crippen molar-refractivity contribution >= 4 is 22.7 Å². The van der Waals surface area contributed by atoms with Crippen molar-refractivity contribution in [2.75, 3.05) is 19.6 Å². The number of nitrogens with one attached hydrogen (secondary N) is 4. The summed E-state index contributed by atoms with van der Waals surface area (Å²) < 4.78 is 0. The summed E-state index contributed by atoms with van der Waals surface area (Å²) in [5.41, 5.74) is 4.15. The van der Waals surface area contributed by atoms with Gasteiger partial charge in [0.15, 0.2) is 0 Å². The second-order valence-corrected chi connectivity index (χ2v) is 5.07. The van der Waals surface area contributed by atoms with Crippen LogP contribution in [0.5, 0.6) is 0 Å². The highest BCUT2D eigenvalue weighted by atomic mass is 16.2. The number of aromatic nitrogens is 1. The lowest BCUT2D eigenvalue weighted by Gasteiger charge is -2.12. The molecule has 0 saturated carbocycles. The molecule has 2 aliphatic rings. The number of hydrogen-bond donors (Lipinski definition) is 4. The van der Waals surface area contributed by atoms with E-state index >= 15 is 0 Å². The lowest BCUT2D eigenvalue weighted by Crippen LogP contribution is -2.49. The van der Waals surface area contributed by atoms with Crippen LogP contribution < -0.4 is 16.0 Å². The minimum absolute atomic E-state index is 0.531. The van der Waals surface area contributed by atoms with Crippen LogP contribution in [-0.2, 0) is 22.6 Å². The number of para-hydroxylation sites is 1. The van der Waals surface area contributed by atoms with Gasteiger partial charge in [0.05, 0.1) is 0 Å². The highest BCUT2D eigenvalue weighted by Gasteiger charge is 2.15. The maximum Gasteiger partial charge on any atom is 0.309 e. The van der Waals surface area contributed by atoms with E-state index in [0.717, 1.165) is 19.5 Å². The molecule has 2 aliphatic heterocycles. The molecule has 2 aromatic rings. The van der Waals surface area contributed by atoms with Crippen molar-refractivity contribution in [3.8, 4) is 0 Å². The third kappa shape index (κ3) is 2.90. The molecule has 3 heterocycles. The Balaban J connectivity index is 0.000000143. The first-order valence-electron chi connectivity index (χ1n) is 7.11. The van der Waals surface area contributed by atoms with E-state index in [2.05, 4.69) is 45.2 Å². The molecule has 1 fully saturated rings. The van der Waals surface area contributed by atoms with Crippen molar-refractivity contribution < 1.29 is 9.59 Å². The van der Waals surface area contributed by atoms with E-state index in [4.69, 9.17) is 0 Å². The Morgan fingerprint density at radius 2 is 1.62 bits per heavy atom. The monoisotopic (exact) mass is 286 g/mol. The number of amides is 2. The second kappa shape index (κ2) is 5.97. The summed E-state index contributed by atoms with van der Waals surface area (Å²) in [6.07, 6.45) is 1.15. The van der Waals surface area contributed by atoms with Gasteiger partial charge < -0.3 is 20.9 Å². The van der Waals surface area contributed by atoms with E-state index in [1.165, 1.54) is 22.2 Å². The van der Waals surface area contributed by atoms with Crippen LogP contribution in [0.4, 0.5) is 0 Å². The molecule has 2 amide bonds. The molecule has 21 heavy (non-hydrogen) atoms. The van der Waals surface area contributed by atoms with Gasteiger partial charge in [-0.2, -0.15) is 0 Å². The molecule has 6 heteroatoms. The first-order valence-corrected chi connectivity index (χ1v) is 7.11. The summed E-state index contributed by atoms with van der Waals surface area (Å²) in [7, 11) is 0. The molecule has 110 valence electrons. The molecule has 0 radical (unpaired) electrons. The fraction of sp³-hybridized carbons (Fsp3) is 0.333. The summed E-state index contributed by atoms with van der Waals surface area (Å²) in [5, 5.41) is 9.53. The normalized spacial score (nSPS) is 17.3. The van der Waals surface area contributed by atoms with E-state index in [9.17, 15) is 9.59 Å². The Bertz CT molecular complexity index is 661. The van der Waals surface area contributed by atoms with Crippen molar-refractivity contribution in [1.82, 2.24) is 20.9 Å². The van der Waals surface area contributed by atoms with E-state index in [1.807, 2.05) is 0 Å². The minimum atomic E-state index is -0.531. The van der Waals surface area contributed by atoms with Crippen LogP contribution in [0.1, 0.15) is 11.3 Å². The Kier molecular flexibility index (Phi) is 3.87. The zero-order chi connectivity index (χ0) is 14.7. The van der Waals surface area contributed by atoms with Gasteiger partial charge >= 0.3 is 11.8 Å². The molecule has 1 saturated heterocycles. The number of H-pyrrole nitrogens is 1. The van der Waals surface area contributed by atoms with Gasteiger partial charge in [-0.25, -0.2) is 0 Å². The average Bonchev–Trinajstić information content (AvgIpc) is 2.90. The van der Waals surface area contributed by atoms with Crippen LogP contribution >= 0.6 is 0 Å². The molecular weight excluding hydrogens is 268 g/mol. The number of rotatable bonds is 0. The molecular formula is C15H18N4O2. The molecule has 6 nitrogen and oxygen atoms in total. The van der Waals surface area contributed by atoms with Gasteiger partial charge in [0, 0.05) is 36.2 Å². The standard InChI is InChI=1S/C11H12N2.C4H6N2O2/c1-2-4-10-8(3-1)9-5-6-12-7-11(9)13-10;7-3-4(8)6-2-1-5-3/h1-4,12-13H,5-7H2;1-2H2,(H,5,7)(H,6,8). The van der Waals surface area contributed by atoms with Crippen LogP contribution in [0.15, 0.2) is 24.3 Å². The zero-order valence-corrected chi connectivity index (χ0v) is 11.7. The Hall–Kier alpha value is -2.34. The molecule has 0 aliphatic carbocycles. The molecule has 0 atom stereocenters. The molecule has 0 unspecified atom stereocenters. The van der Waals surface area contributed by atoms with Gasteiger partial charge in [0.25, 0.3) is 0 Å². The maximum atomic E-state index is 10.3. The Morgan fingerprint density at radius 3 is 2.33 bits per heavy atom. The van der Waals surface area contributed by atoms with Gasteiger partial charge in [-0.05, 0) is 24.6 Å². The third-order valence-corrected chi connectivity index (χ3v) is 3.66. The summed E-state index contributed by atoms with van der Waals surface area (Å²) in [4.78, 5) is 24.0. The number of piperazine rings is 1. The van der Waals surface area contributed by atoms with Crippen molar-refractivity contribution in [3.63, 3.8) is 0 Å². The highest BCUT2D eigenvalue weighted by molar-refractivity contribution is 6.35. The number of benzene rings is 1. The number of aromatic amines is 1. The number of hydrogen-bond acceptors (Lipinski definition) is 3. The zero-order valence-electron chi connectivity index (χ0n) is 11.7. The van der Waals surface area contributed by atoms with Crippen molar-refractivity contribution in [3.05, 3.63) is 35.5 Å². The predicted octanol–water partition coefficient (Wildman–Crippen LogP) is 0.0460. The Labute approximate surface area is 122 Å². The van der Waals surface area contributed by atoms with Gasteiger partial charge in [-0.15, -0.1) is 0 Å². The van der Waals surface area contributed by atoms with Crippen LogP contribution in [0, 0.1) is 0 Å². The first kappa shape index (κ1) is 13.6. The summed E-state index contributed by atoms with van der Waals surface area (Å²) in [5.74, 6) is -1.06. The van der Waals surface area contributed by atoms with Crippen LogP contribution in [0.25, 0.3) is 10.9 Å². The summed E-state index contributed by atoms with van der Waals surface area (Å²) >= 11 is 0. The number of fused-ring (bicyclic) bond motifs is 3. The molecule has 0 bridgehead atoms. The van der Waals surface area contributed by atoms with Gasteiger partial charge in [0.2, 0.25) is 0 Å². The SMILES string of the molecule is O=C1NCCNC1=O.c1ccc2c3c([nH]c2c1)CNCC3. The quantitative estimate of drug-likeness (QED) is 0.516. The Morgan fingerprint density at radius 1 is 0.905 bits per heavy atom. The van der Waals surface area contributed by atoms with Crippen LogP contribution in [0.3, 0.4) is 0 Å². The van der Waals surface area contributed by atoms with Gasteiger partial charge in [-0.1, -0.05) is 18.2 Å². The predicted molar refractivity (Wildman–Crippen MR) is 79.7 cm³/mol. The lowest BCUT2D eigenvalue weighted by molar-refractivity contribution is -0.140. The first-order chi connectivity index (χ1) is 10.3. The smallest absolute Gasteiger partial charge is 0.309 e. The van der Waals surface area contributed by atoms with E-state index in [0.29, 0.717) is 13.1 Å². The van der Waals surface area contributed by atoms with Gasteiger partial charge in [-0.3, -0.25) is 9.59 Å². The van der Waals surface area contributed by atoms with Crippen LogP contribution in [0.2, 0.25) is 0 Å². The van der Waals surface area contributed by atoms with Crippen molar-refractivity contribution in [1.29, 1.82) is 0 Å². The minimum Gasteiger partial charge on any atom is -0.357 e.